The number of carbonyl (C=O) groups excluding carboxylic acids is 2. The van der Waals surface area contributed by atoms with Crippen LogP contribution in [0.2, 0.25) is 0 Å². The van der Waals surface area contributed by atoms with Crippen molar-refractivity contribution in [2.24, 2.45) is 5.92 Å². The van der Waals surface area contributed by atoms with Crippen LogP contribution in [-0.2, 0) is 22.7 Å². The minimum absolute atomic E-state index is 0.000256. The van der Waals surface area contributed by atoms with Crippen LogP contribution in [0.25, 0.3) is 0 Å². The molecule has 3 heterocycles. The SMILES string of the molecule is Cc1csc(CN(C)C(=O)C2CC(=O)N(Cc3ccccn3)C2)n1. The van der Waals surface area contributed by atoms with E-state index in [1.54, 1.807) is 34.4 Å². The molecular weight excluding hydrogens is 324 g/mol. The lowest BCUT2D eigenvalue weighted by molar-refractivity contribution is -0.135. The van der Waals surface area contributed by atoms with Crippen LogP contribution in [0, 0.1) is 12.8 Å². The van der Waals surface area contributed by atoms with Gasteiger partial charge >= 0.3 is 0 Å². The number of hydrogen-bond donors (Lipinski definition) is 0. The van der Waals surface area contributed by atoms with E-state index in [-0.39, 0.29) is 24.2 Å². The van der Waals surface area contributed by atoms with Crippen molar-refractivity contribution in [3.05, 3.63) is 46.2 Å². The normalized spacial score (nSPS) is 17.3. The number of nitrogens with zero attached hydrogens (tertiary/aromatic N) is 4. The van der Waals surface area contributed by atoms with Gasteiger partial charge in [0.05, 0.1) is 24.7 Å². The van der Waals surface area contributed by atoms with E-state index >= 15 is 0 Å². The van der Waals surface area contributed by atoms with Crippen LogP contribution in [0.5, 0.6) is 0 Å². The molecule has 2 aromatic heterocycles. The van der Waals surface area contributed by atoms with Gasteiger partial charge in [0.25, 0.3) is 0 Å². The van der Waals surface area contributed by atoms with E-state index in [2.05, 4.69) is 9.97 Å². The first-order valence-corrected chi connectivity index (χ1v) is 8.74. The van der Waals surface area contributed by atoms with Crippen LogP contribution in [0.15, 0.2) is 29.8 Å². The second-order valence-electron chi connectivity index (χ2n) is 6.07. The number of pyridine rings is 1. The van der Waals surface area contributed by atoms with Crippen LogP contribution >= 0.6 is 11.3 Å². The third-order valence-corrected chi connectivity index (χ3v) is 5.01. The van der Waals surface area contributed by atoms with Gasteiger partial charge in [-0.05, 0) is 19.1 Å². The molecule has 0 aromatic carbocycles. The fourth-order valence-electron chi connectivity index (χ4n) is 2.85. The van der Waals surface area contributed by atoms with Gasteiger partial charge in [-0.3, -0.25) is 14.6 Å². The molecule has 6 nitrogen and oxygen atoms in total. The third-order valence-electron chi connectivity index (χ3n) is 4.06. The number of thiazole rings is 1. The zero-order valence-corrected chi connectivity index (χ0v) is 14.6. The van der Waals surface area contributed by atoms with Gasteiger partial charge in [0, 0.05) is 37.3 Å². The van der Waals surface area contributed by atoms with Crippen LogP contribution in [-0.4, -0.2) is 45.2 Å². The van der Waals surface area contributed by atoms with E-state index in [0.29, 0.717) is 19.6 Å². The average molecular weight is 344 g/mol. The minimum Gasteiger partial charge on any atom is -0.339 e. The topological polar surface area (TPSA) is 66.4 Å². The number of amides is 2. The average Bonchev–Trinajstić information content (AvgIpc) is 3.14. The van der Waals surface area contributed by atoms with Gasteiger partial charge in [-0.25, -0.2) is 4.98 Å². The lowest BCUT2D eigenvalue weighted by Gasteiger charge is -2.20. The molecule has 3 rings (SSSR count). The number of aromatic nitrogens is 2. The molecule has 1 fully saturated rings. The van der Waals surface area contributed by atoms with Crippen molar-refractivity contribution in [1.29, 1.82) is 0 Å². The molecule has 1 aliphatic rings. The van der Waals surface area contributed by atoms with Crippen molar-refractivity contribution in [3.63, 3.8) is 0 Å². The molecule has 1 unspecified atom stereocenters. The van der Waals surface area contributed by atoms with Gasteiger partial charge in [0.15, 0.2) is 0 Å². The summed E-state index contributed by atoms with van der Waals surface area (Å²) in [4.78, 5) is 36.8. The van der Waals surface area contributed by atoms with Crippen molar-refractivity contribution in [2.45, 2.75) is 26.4 Å². The lowest BCUT2D eigenvalue weighted by atomic mass is 10.1. The highest BCUT2D eigenvalue weighted by atomic mass is 32.1. The molecule has 0 spiro atoms. The molecule has 24 heavy (non-hydrogen) atoms. The zero-order valence-electron chi connectivity index (χ0n) is 13.8. The second-order valence-corrected chi connectivity index (χ2v) is 7.02. The zero-order chi connectivity index (χ0) is 17.1. The maximum Gasteiger partial charge on any atom is 0.228 e. The van der Waals surface area contributed by atoms with Crippen molar-refractivity contribution in [1.82, 2.24) is 19.8 Å². The number of aryl methyl sites for hydroxylation is 1. The number of rotatable bonds is 5. The first-order valence-electron chi connectivity index (χ1n) is 7.86. The van der Waals surface area contributed by atoms with Gasteiger partial charge in [0.1, 0.15) is 5.01 Å². The summed E-state index contributed by atoms with van der Waals surface area (Å²) in [7, 11) is 1.77. The Morgan fingerprint density at radius 1 is 1.46 bits per heavy atom. The summed E-state index contributed by atoms with van der Waals surface area (Å²) in [6.07, 6.45) is 1.98. The summed E-state index contributed by atoms with van der Waals surface area (Å²) in [5.41, 5.74) is 1.80. The Bertz CT molecular complexity index is 731. The van der Waals surface area contributed by atoms with Crippen molar-refractivity contribution >= 4 is 23.2 Å². The first kappa shape index (κ1) is 16.6. The van der Waals surface area contributed by atoms with Crippen LogP contribution in [0.1, 0.15) is 22.8 Å². The molecule has 7 heteroatoms. The predicted octanol–water partition coefficient (Wildman–Crippen LogP) is 1.85. The molecule has 1 atom stereocenters. The van der Waals surface area contributed by atoms with E-state index in [4.69, 9.17) is 0 Å². The molecule has 1 saturated heterocycles. The molecule has 0 bridgehead atoms. The van der Waals surface area contributed by atoms with E-state index in [9.17, 15) is 9.59 Å². The van der Waals surface area contributed by atoms with E-state index in [1.165, 1.54) is 0 Å². The summed E-state index contributed by atoms with van der Waals surface area (Å²) >= 11 is 1.55. The molecule has 1 aliphatic heterocycles. The van der Waals surface area contributed by atoms with Gasteiger partial charge in [-0.15, -0.1) is 11.3 Å². The van der Waals surface area contributed by atoms with Crippen LogP contribution in [0.4, 0.5) is 0 Å². The second kappa shape index (κ2) is 7.09. The molecule has 0 radical (unpaired) electrons. The summed E-state index contributed by atoms with van der Waals surface area (Å²) in [6.45, 7) is 3.34. The van der Waals surface area contributed by atoms with E-state index < -0.39 is 0 Å². The number of carbonyl (C=O) groups is 2. The van der Waals surface area contributed by atoms with Crippen molar-refractivity contribution < 1.29 is 9.59 Å². The Kier molecular flexibility index (Phi) is 4.89. The highest BCUT2D eigenvalue weighted by molar-refractivity contribution is 7.09. The summed E-state index contributed by atoms with van der Waals surface area (Å²) in [6, 6.07) is 5.63. The lowest BCUT2D eigenvalue weighted by Crippen LogP contribution is -2.34. The highest BCUT2D eigenvalue weighted by Crippen LogP contribution is 2.22. The van der Waals surface area contributed by atoms with Crippen LogP contribution in [0.3, 0.4) is 0 Å². The van der Waals surface area contributed by atoms with Crippen molar-refractivity contribution in [3.8, 4) is 0 Å². The summed E-state index contributed by atoms with van der Waals surface area (Å²) in [5.74, 6) is -0.274. The Morgan fingerprint density at radius 2 is 2.29 bits per heavy atom. The van der Waals surface area contributed by atoms with Crippen LogP contribution < -0.4 is 0 Å². The smallest absolute Gasteiger partial charge is 0.228 e. The Labute approximate surface area is 145 Å². The monoisotopic (exact) mass is 344 g/mol. The standard InChI is InChI=1S/C17H20N4O2S/c1-12-11-24-15(19-12)10-20(2)17(23)13-7-16(22)21(8-13)9-14-5-3-4-6-18-14/h3-6,11,13H,7-10H2,1-2H3. The largest absolute Gasteiger partial charge is 0.339 e. The maximum absolute atomic E-state index is 12.6. The Morgan fingerprint density at radius 3 is 2.96 bits per heavy atom. The highest BCUT2D eigenvalue weighted by Gasteiger charge is 2.35. The Hall–Kier alpha value is -2.28. The molecular formula is C17H20N4O2S. The maximum atomic E-state index is 12.6. The fraction of sp³-hybridized carbons (Fsp3) is 0.412. The van der Waals surface area contributed by atoms with Crippen molar-refractivity contribution in [2.75, 3.05) is 13.6 Å². The molecule has 0 N–H and O–H groups in total. The fourth-order valence-corrected chi connectivity index (χ4v) is 3.67. The predicted molar refractivity (Wildman–Crippen MR) is 91.1 cm³/mol. The molecule has 2 amide bonds. The van der Waals surface area contributed by atoms with Gasteiger partial charge < -0.3 is 9.80 Å². The van der Waals surface area contributed by atoms with Gasteiger partial charge in [-0.1, -0.05) is 6.07 Å². The molecule has 126 valence electrons. The quantitative estimate of drug-likeness (QED) is 0.830. The minimum atomic E-state index is -0.285. The summed E-state index contributed by atoms with van der Waals surface area (Å²) in [5, 5.41) is 2.89. The van der Waals surface area contributed by atoms with E-state index in [1.807, 2.05) is 30.5 Å². The summed E-state index contributed by atoms with van der Waals surface area (Å²) < 4.78 is 0. The number of likely N-dealkylation sites (tertiary alicyclic amines) is 1. The Balaban J connectivity index is 1.59. The number of hydrogen-bond acceptors (Lipinski definition) is 5. The molecule has 2 aromatic rings. The first-order chi connectivity index (χ1) is 11.5. The third kappa shape index (κ3) is 3.79. The molecule has 0 saturated carbocycles. The van der Waals surface area contributed by atoms with Gasteiger partial charge in [0.2, 0.25) is 11.8 Å². The molecule has 0 aliphatic carbocycles. The van der Waals surface area contributed by atoms with Gasteiger partial charge in [-0.2, -0.15) is 0 Å². The van der Waals surface area contributed by atoms with E-state index in [0.717, 1.165) is 16.4 Å².